The maximum Gasteiger partial charge on any atom is 0.123 e. The summed E-state index contributed by atoms with van der Waals surface area (Å²) in [4.78, 5) is 0. The summed E-state index contributed by atoms with van der Waals surface area (Å²) in [5.41, 5.74) is 1.30. The summed E-state index contributed by atoms with van der Waals surface area (Å²) in [5.74, 6) is 0. The van der Waals surface area contributed by atoms with Gasteiger partial charge >= 0.3 is 0 Å². The van der Waals surface area contributed by atoms with Gasteiger partial charge in [-0.25, -0.2) is 0 Å². The Hall–Kier alpha value is -1.08. The third-order valence-corrected chi connectivity index (χ3v) is 1.89. The number of ether oxygens (including phenoxy) is 1. The summed E-state index contributed by atoms with van der Waals surface area (Å²) < 4.78 is 5.36. The summed E-state index contributed by atoms with van der Waals surface area (Å²) >= 11 is 0. The molecule has 0 amide bonds. The van der Waals surface area contributed by atoms with Crippen LogP contribution in [0.2, 0.25) is 0 Å². The molecule has 0 saturated carbocycles. The lowest BCUT2D eigenvalue weighted by atomic mass is 10.1. The van der Waals surface area contributed by atoms with Crippen molar-refractivity contribution in [3.05, 3.63) is 54.2 Å². The SMILES string of the molecule is C1=C[C](Cc2ccccc2)OC1. The first-order valence-corrected chi connectivity index (χ1v) is 4.14. The molecule has 0 spiro atoms. The van der Waals surface area contributed by atoms with E-state index in [1.54, 1.807) is 0 Å². The van der Waals surface area contributed by atoms with E-state index in [0.717, 1.165) is 19.1 Å². The van der Waals surface area contributed by atoms with Crippen LogP contribution in [0.1, 0.15) is 5.56 Å². The zero-order chi connectivity index (χ0) is 8.23. The fourth-order valence-electron chi connectivity index (χ4n) is 1.29. The van der Waals surface area contributed by atoms with Gasteiger partial charge in [-0.05, 0) is 5.56 Å². The van der Waals surface area contributed by atoms with Crippen LogP contribution >= 0.6 is 0 Å². The van der Waals surface area contributed by atoms with Gasteiger partial charge in [0.05, 0.1) is 6.61 Å². The minimum absolute atomic E-state index is 0.738. The molecule has 0 atom stereocenters. The van der Waals surface area contributed by atoms with Gasteiger partial charge in [0.2, 0.25) is 0 Å². The van der Waals surface area contributed by atoms with E-state index in [-0.39, 0.29) is 0 Å². The van der Waals surface area contributed by atoms with E-state index in [0.29, 0.717) is 0 Å². The standard InChI is InChI=1S/C11H11O/c1-2-5-10(6-3-1)9-11-7-4-8-12-11/h1-7H,8-9H2. The summed E-state index contributed by atoms with van der Waals surface area (Å²) in [6.07, 6.45) is 6.07. The minimum atomic E-state index is 0.738. The second-order valence-corrected chi connectivity index (χ2v) is 2.84. The molecule has 61 valence electrons. The second kappa shape index (κ2) is 3.55. The van der Waals surface area contributed by atoms with Crippen molar-refractivity contribution in [1.29, 1.82) is 0 Å². The summed E-state index contributed by atoms with van der Waals surface area (Å²) in [5, 5.41) is 0. The Morgan fingerprint density at radius 2 is 2.00 bits per heavy atom. The van der Waals surface area contributed by atoms with Crippen molar-refractivity contribution in [1.82, 2.24) is 0 Å². The number of benzene rings is 1. The van der Waals surface area contributed by atoms with E-state index < -0.39 is 0 Å². The van der Waals surface area contributed by atoms with E-state index in [9.17, 15) is 0 Å². The predicted octanol–water partition coefficient (Wildman–Crippen LogP) is 2.35. The first kappa shape index (κ1) is 7.56. The molecule has 0 aromatic heterocycles. The van der Waals surface area contributed by atoms with Crippen LogP contribution in [0.3, 0.4) is 0 Å². The maximum absolute atomic E-state index is 5.36. The molecule has 1 aromatic carbocycles. The number of rotatable bonds is 2. The Labute approximate surface area is 72.7 Å². The van der Waals surface area contributed by atoms with E-state index in [2.05, 4.69) is 24.3 Å². The monoisotopic (exact) mass is 159 g/mol. The maximum atomic E-state index is 5.36. The predicted molar refractivity (Wildman–Crippen MR) is 48.5 cm³/mol. The van der Waals surface area contributed by atoms with Crippen LogP contribution in [0.5, 0.6) is 0 Å². The Bertz CT molecular complexity index is 264. The molecule has 1 nitrogen and oxygen atoms in total. The van der Waals surface area contributed by atoms with Gasteiger partial charge in [-0.1, -0.05) is 42.5 Å². The van der Waals surface area contributed by atoms with Crippen LogP contribution in [0, 0.1) is 6.10 Å². The van der Waals surface area contributed by atoms with E-state index in [1.165, 1.54) is 5.56 Å². The first-order chi connectivity index (χ1) is 5.95. The van der Waals surface area contributed by atoms with Crippen molar-refractivity contribution >= 4 is 0 Å². The topological polar surface area (TPSA) is 9.23 Å². The normalized spacial score (nSPS) is 17.0. The second-order valence-electron chi connectivity index (χ2n) is 2.84. The van der Waals surface area contributed by atoms with Crippen LogP contribution in [0.15, 0.2) is 42.5 Å². The van der Waals surface area contributed by atoms with Gasteiger partial charge < -0.3 is 4.74 Å². The third kappa shape index (κ3) is 1.74. The lowest BCUT2D eigenvalue weighted by molar-refractivity contribution is 0.209. The quantitative estimate of drug-likeness (QED) is 0.643. The molecule has 1 aliphatic heterocycles. The smallest absolute Gasteiger partial charge is 0.123 e. The Kier molecular flexibility index (Phi) is 2.23. The van der Waals surface area contributed by atoms with Crippen molar-refractivity contribution in [2.75, 3.05) is 6.61 Å². The van der Waals surface area contributed by atoms with Crippen molar-refractivity contribution in [3.63, 3.8) is 0 Å². The van der Waals surface area contributed by atoms with E-state index in [4.69, 9.17) is 4.74 Å². The van der Waals surface area contributed by atoms with Gasteiger partial charge in [0.1, 0.15) is 6.10 Å². The van der Waals surface area contributed by atoms with Crippen molar-refractivity contribution in [3.8, 4) is 0 Å². The highest BCUT2D eigenvalue weighted by Crippen LogP contribution is 2.17. The molecule has 1 radical (unpaired) electrons. The molecule has 0 fully saturated rings. The van der Waals surface area contributed by atoms with Crippen LogP contribution in [-0.4, -0.2) is 6.61 Å². The van der Waals surface area contributed by atoms with Gasteiger partial charge in [-0.2, -0.15) is 0 Å². The minimum Gasteiger partial charge on any atom is -0.363 e. The van der Waals surface area contributed by atoms with Crippen molar-refractivity contribution < 1.29 is 4.74 Å². The molecule has 2 rings (SSSR count). The lowest BCUT2D eigenvalue weighted by Crippen LogP contribution is -1.98. The highest BCUT2D eigenvalue weighted by Gasteiger charge is 2.10. The number of hydrogen-bond donors (Lipinski definition) is 0. The summed E-state index contributed by atoms with van der Waals surface area (Å²) in [6.45, 7) is 0.738. The molecule has 0 aliphatic carbocycles. The summed E-state index contributed by atoms with van der Waals surface area (Å²) in [7, 11) is 0. The van der Waals surface area contributed by atoms with Crippen LogP contribution in [0.4, 0.5) is 0 Å². The molecule has 0 bridgehead atoms. The fourth-order valence-corrected chi connectivity index (χ4v) is 1.29. The van der Waals surface area contributed by atoms with Crippen LogP contribution in [0.25, 0.3) is 0 Å². The zero-order valence-corrected chi connectivity index (χ0v) is 6.86. The van der Waals surface area contributed by atoms with Crippen LogP contribution < -0.4 is 0 Å². The van der Waals surface area contributed by atoms with E-state index in [1.807, 2.05) is 18.2 Å². The van der Waals surface area contributed by atoms with Crippen molar-refractivity contribution in [2.24, 2.45) is 0 Å². The molecule has 0 saturated heterocycles. The van der Waals surface area contributed by atoms with Gasteiger partial charge in [-0.15, -0.1) is 0 Å². The highest BCUT2D eigenvalue weighted by atomic mass is 16.5. The highest BCUT2D eigenvalue weighted by molar-refractivity contribution is 5.22. The molecule has 1 heterocycles. The molecular weight excluding hydrogens is 148 g/mol. The molecule has 12 heavy (non-hydrogen) atoms. The van der Waals surface area contributed by atoms with Gasteiger partial charge in [0.15, 0.2) is 0 Å². The molecular formula is C11H11O. The lowest BCUT2D eigenvalue weighted by Gasteiger charge is -2.05. The van der Waals surface area contributed by atoms with Gasteiger partial charge in [0.25, 0.3) is 0 Å². The van der Waals surface area contributed by atoms with Crippen molar-refractivity contribution in [2.45, 2.75) is 6.42 Å². The average molecular weight is 159 g/mol. The Balaban J connectivity index is 1.99. The number of hydrogen-bond acceptors (Lipinski definition) is 1. The van der Waals surface area contributed by atoms with Gasteiger partial charge in [0, 0.05) is 6.42 Å². The van der Waals surface area contributed by atoms with Gasteiger partial charge in [-0.3, -0.25) is 0 Å². The van der Waals surface area contributed by atoms with Crippen LogP contribution in [-0.2, 0) is 11.2 Å². The Morgan fingerprint density at radius 3 is 2.67 bits per heavy atom. The third-order valence-electron chi connectivity index (χ3n) is 1.89. The summed E-state index contributed by atoms with van der Waals surface area (Å²) in [6, 6.07) is 10.4. The molecule has 1 aliphatic rings. The average Bonchev–Trinajstić information content (AvgIpc) is 2.59. The largest absolute Gasteiger partial charge is 0.363 e. The molecule has 1 aromatic rings. The fraction of sp³-hybridized carbons (Fsp3) is 0.182. The molecule has 0 N–H and O–H groups in total. The Morgan fingerprint density at radius 1 is 1.17 bits per heavy atom. The van der Waals surface area contributed by atoms with E-state index >= 15 is 0 Å². The molecule has 0 unspecified atom stereocenters. The first-order valence-electron chi connectivity index (χ1n) is 4.14. The zero-order valence-electron chi connectivity index (χ0n) is 6.86. The molecule has 1 heteroatoms.